The molecule has 198 valence electrons. The van der Waals surface area contributed by atoms with Crippen LogP contribution in [0.4, 0.5) is 9.18 Å². The molecular weight excluding hydrogens is 487 g/mol. The number of rotatable bonds is 8. The number of hydrogen-bond acceptors (Lipinski definition) is 5. The van der Waals surface area contributed by atoms with E-state index in [1.54, 1.807) is 4.90 Å². The molecule has 2 atom stereocenters. The highest BCUT2D eigenvalue weighted by Crippen LogP contribution is 2.39. The van der Waals surface area contributed by atoms with E-state index in [1.165, 1.54) is 40.8 Å². The average molecular weight is 519 g/mol. The maximum Gasteiger partial charge on any atom is 0.416 e. The molecule has 5 rings (SSSR count). The molecule has 0 bridgehead atoms. The number of ether oxygens (including phenoxy) is 2. The number of aromatic nitrogens is 1. The van der Waals surface area contributed by atoms with Crippen LogP contribution in [0.15, 0.2) is 66.7 Å². The Bertz CT molecular complexity index is 1400. The first-order valence-corrected chi connectivity index (χ1v) is 12.9. The first-order valence-electron chi connectivity index (χ1n) is 12.9. The third kappa shape index (κ3) is 5.37. The summed E-state index contributed by atoms with van der Waals surface area (Å²) in [5.74, 6) is 0.501. The lowest BCUT2D eigenvalue weighted by Gasteiger charge is -2.35. The maximum absolute atomic E-state index is 13.4. The number of fused-ring (bicyclic) bond motifs is 3. The van der Waals surface area contributed by atoms with E-state index in [0.29, 0.717) is 25.1 Å². The van der Waals surface area contributed by atoms with E-state index in [0.717, 1.165) is 23.2 Å². The van der Waals surface area contributed by atoms with Gasteiger partial charge in [-0.05, 0) is 78.1 Å². The number of carbonyl (C=O) groups is 1. The number of amides is 1. The van der Waals surface area contributed by atoms with Gasteiger partial charge < -0.3 is 24.7 Å². The molecule has 1 aliphatic rings. The summed E-state index contributed by atoms with van der Waals surface area (Å²) < 4.78 is 24.7. The zero-order valence-electron chi connectivity index (χ0n) is 21.2. The molecule has 8 heteroatoms. The molecule has 0 aliphatic carbocycles. The van der Waals surface area contributed by atoms with Crippen LogP contribution in [0.5, 0.6) is 11.5 Å². The summed E-state index contributed by atoms with van der Waals surface area (Å²) in [7, 11) is 0. The Hall–Kier alpha value is -3.88. The third-order valence-electron chi connectivity index (χ3n) is 6.98. The van der Waals surface area contributed by atoms with Crippen molar-refractivity contribution < 1.29 is 28.9 Å². The van der Waals surface area contributed by atoms with Gasteiger partial charge in [0.1, 0.15) is 23.4 Å². The second-order valence-corrected chi connectivity index (χ2v) is 9.46. The highest BCUT2D eigenvalue weighted by molar-refractivity contribution is 5.87. The largest absolute Gasteiger partial charge is 0.493 e. The lowest BCUT2D eigenvalue weighted by molar-refractivity contribution is 0.0754. The van der Waals surface area contributed by atoms with Gasteiger partial charge in [0.05, 0.1) is 19.3 Å². The Morgan fingerprint density at radius 2 is 1.84 bits per heavy atom. The zero-order valence-corrected chi connectivity index (χ0v) is 21.2. The Morgan fingerprint density at radius 3 is 2.55 bits per heavy atom. The smallest absolute Gasteiger partial charge is 0.416 e. The fraction of sp³-hybridized carbons (Fsp3) is 0.300. The van der Waals surface area contributed by atoms with Gasteiger partial charge in [0.15, 0.2) is 0 Å². The van der Waals surface area contributed by atoms with Crippen molar-refractivity contribution >= 4 is 17.0 Å². The Morgan fingerprint density at radius 1 is 1.11 bits per heavy atom. The van der Waals surface area contributed by atoms with Crippen molar-refractivity contribution in [3.63, 3.8) is 0 Å². The molecule has 0 radical (unpaired) electrons. The number of halogens is 1. The van der Waals surface area contributed by atoms with Gasteiger partial charge in [0.25, 0.3) is 0 Å². The summed E-state index contributed by atoms with van der Waals surface area (Å²) in [5.41, 5.74) is 5.28. The van der Waals surface area contributed by atoms with Crippen LogP contribution in [-0.2, 0) is 12.8 Å². The van der Waals surface area contributed by atoms with Crippen molar-refractivity contribution in [1.82, 2.24) is 9.88 Å². The molecule has 0 saturated carbocycles. The highest BCUT2D eigenvalue weighted by atomic mass is 19.1. The first kappa shape index (κ1) is 25.8. The van der Waals surface area contributed by atoms with Gasteiger partial charge in [-0.1, -0.05) is 25.1 Å². The molecule has 0 spiro atoms. The van der Waals surface area contributed by atoms with Crippen LogP contribution < -0.4 is 9.47 Å². The Kier molecular flexibility index (Phi) is 7.62. The van der Waals surface area contributed by atoms with Crippen molar-refractivity contribution in [1.29, 1.82) is 0 Å². The van der Waals surface area contributed by atoms with Gasteiger partial charge in [-0.3, -0.25) is 4.90 Å². The van der Waals surface area contributed by atoms with E-state index in [4.69, 9.17) is 14.6 Å². The number of nitrogens with zero attached hydrogens (tertiary/aromatic N) is 1. The van der Waals surface area contributed by atoms with Crippen molar-refractivity contribution in [3.8, 4) is 11.5 Å². The monoisotopic (exact) mass is 518 g/mol. The summed E-state index contributed by atoms with van der Waals surface area (Å²) in [6.07, 6.45) is 0.601. The van der Waals surface area contributed by atoms with Crippen LogP contribution in [0.3, 0.4) is 0 Å². The molecule has 2 heterocycles. The van der Waals surface area contributed by atoms with Gasteiger partial charge in [0.2, 0.25) is 0 Å². The van der Waals surface area contributed by atoms with E-state index in [1.807, 2.05) is 24.3 Å². The van der Waals surface area contributed by atoms with E-state index in [9.17, 15) is 14.3 Å². The standard InChI is InChI=1S/C30H31FN2O5/c1-2-19-3-12-27-26(17-19)25-13-15-33(30(36)38-24-10-6-21(31)7-11-24)29(28(25)32-27)20-4-8-23(9-5-20)37-16-14-22(35)18-34/h3-12,17,22,29,32,34-35H,2,13-16,18H2,1H3. The maximum atomic E-state index is 13.4. The van der Waals surface area contributed by atoms with Crippen LogP contribution in [-0.4, -0.2) is 52.1 Å². The predicted octanol–water partition coefficient (Wildman–Crippen LogP) is 5.14. The molecule has 3 aromatic carbocycles. The Balaban J connectivity index is 1.47. The highest BCUT2D eigenvalue weighted by Gasteiger charge is 2.35. The minimum absolute atomic E-state index is 0.270. The third-order valence-corrected chi connectivity index (χ3v) is 6.98. The van der Waals surface area contributed by atoms with E-state index >= 15 is 0 Å². The second-order valence-electron chi connectivity index (χ2n) is 9.46. The number of hydrogen-bond donors (Lipinski definition) is 3. The molecule has 4 aromatic rings. The molecule has 38 heavy (non-hydrogen) atoms. The predicted molar refractivity (Wildman–Crippen MR) is 142 cm³/mol. The van der Waals surface area contributed by atoms with Crippen LogP contribution in [0.25, 0.3) is 10.9 Å². The van der Waals surface area contributed by atoms with Gasteiger partial charge in [-0.25, -0.2) is 9.18 Å². The quantitative estimate of drug-likeness (QED) is 0.300. The second kappa shape index (κ2) is 11.2. The molecular formula is C30H31FN2O5. The summed E-state index contributed by atoms with van der Waals surface area (Å²) in [6.45, 7) is 2.55. The molecule has 1 amide bonds. The number of aromatic amines is 1. The molecule has 0 fully saturated rings. The van der Waals surface area contributed by atoms with E-state index < -0.39 is 24.1 Å². The average Bonchev–Trinajstić information content (AvgIpc) is 3.32. The van der Waals surface area contributed by atoms with Crippen LogP contribution in [0, 0.1) is 5.82 Å². The summed E-state index contributed by atoms with van der Waals surface area (Å²) in [6, 6.07) is 18.9. The summed E-state index contributed by atoms with van der Waals surface area (Å²) in [5, 5.41) is 19.7. The lowest BCUT2D eigenvalue weighted by Crippen LogP contribution is -2.42. The molecule has 7 nitrogen and oxygen atoms in total. The number of nitrogens with one attached hydrogen (secondary N) is 1. The molecule has 1 aromatic heterocycles. The van der Waals surface area contributed by atoms with Gasteiger partial charge in [0, 0.05) is 29.6 Å². The lowest BCUT2D eigenvalue weighted by atomic mass is 9.92. The van der Waals surface area contributed by atoms with Crippen molar-refractivity contribution in [2.75, 3.05) is 19.8 Å². The van der Waals surface area contributed by atoms with Crippen LogP contribution in [0.2, 0.25) is 0 Å². The number of aliphatic hydroxyl groups excluding tert-OH is 2. The van der Waals surface area contributed by atoms with Gasteiger partial charge >= 0.3 is 6.09 Å². The number of carbonyl (C=O) groups excluding carboxylic acids is 1. The topological polar surface area (TPSA) is 95.0 Å². The summed E-state index contributed by atoms with van der Waals surface area (Å²) >= 11 is 0. The van der Waals surface area contributed by atoms with E-state index in [2.05, 4.69) is 30.1 Å². The van der Waals surface area contributed by atoms with Gasteiger partial charge in [-0.15, -0.1) is 0 Å². The minimum Gasteiger partial charge on any atom is -0.493 e. The SMILES string of the molecule is CCc1ccc2[nH]c3c(c2c1)CCN(C(=O)Oc1ccc(F)cc1)C3c1ccc(OCCC(O)CO)cc1. The normalized spacial score (nSPS) is 15.8. The Labute approximate surface area is 220 Å². The van der Waals surface area contributed by atoms with Crippen molar-refractivity contribution in [2.45, 2.75) is 38.3 Å². The van der Waals surface area contributed by atoms with Gasteiger partial charge in [-0.2, -0.15) is 0 Å². The number of aliphatic hydroxyl groups is 2. The van der Waals surface area contributed by atoms with E-state index in [-0.39, 0.29) is 19.0 Å². The number of aryl methyl sites for hydroxylation is 1. The zero-order chi connectivity index (χ0) is 26.6. The number of benzene rings is 3. The van der Waals surface area contributed by atoms with Crippen molar-refractivity contribution in [2.24, 2.45) is 0 Å². The fourth-order valence-corrected chi connectivity index (χ4v) is 4.91. The molecule has 2 unspecified atom stereocenters. The molecule has 3 N–H and O–H groups in total. The van der Waals surface area contributed by atoms with Crippen LogP contribution in [0.1, 0.15) is 41.8 Å². The minimum atomic E-state index is -0.814. The molecule has 1 aliphatic heterocycles. The fourth-order valence-electron chi connectivity index (χ4n) is 4.91. The van der Waals surface area contributed by atoms with Crippen molar-refractivity contribution in [3.05, 3.63) is 94.9 Å². The summed E-state index contributed by atoms with van der Waals surface area (Å²) in [4.78, 5) is 18.6. The molecule has 0 saturated heterocycles. The number of H-pyrrole nitrogens is 1. The first-order chi connectivity index (χ1) is 18.5. The van der Waals surface area contributed by atoms with Crippen LogP contribution >= 0.6 is 0 Å².